The maximum atomic E-state index is 5.61. The Morgan fingerprint density at radius 2 is 0.422 bits per heavy atom. The fraction of sp³-hybridized carbons (Fsp3) is 0. The zero-order chi connectivity index (χ0) is 66.7. The Morgan fingerprint density at radius 1 is 0.157 bits per heavy atom. The van der Waals surface area contributed by atoms with E-state index in [-0.39, 0.29) is 0 Å². The predicted octanol–water partition coefficient (Wildman–Crippen LogP) is 23.5. The van der Waals surface area contributed by atoms with Crippen LogP contribution in [-0.4, -0.2) is 42.4 Å². The van der Waals surface area contributed by atoms with Crippen LogP contribution < -0.4 is 0 Å². The van der Waals surface area contributed by atoms with Crippen LogP contribution >= 0.6 is 0 Å². The minimum atomic E-state index is 0.558. The summed E-state index contributed by atoms with van der Waals surface area (Å²) >= 11 is 0. The molecule has 0 fully saturated rings. The van der Waals surface area contributed by atoms with E-state index >= 15 is 0 Å². The van der Waals surface area contributed by atoms with Gasteiger partial charge in [-0.1, -0.05) is 206 Å². The smallest absolute Gasteiger partial charge is 0.164 e. The summed E-state index contributed by atoms with van der Waals surface area (Å²) < 4.78 is 14.5. The monoisotopic (exact) mass is 1300 g/mol. The molecule has 22 rings (SSSR count). The molecule has 0 saturated heterocycles. The summed E-state index contributed by atoms with van der Waals surface area (Å²) in [6, 6.07) is 125. The number of nitrogens with zero attached hydrogens (tertiary/aromatic N) is 9. The third-order valence-electron chi connectivity index (χ3n) is 21.2. The Kier molecular flexibility index (Phi) is 12.0. The minimum Gasteiger partial charge on any atom is -0.309 e. The van der Waals surface area contributed by atoms with Gasteiger partial charge in [-0.2, -0.15) is 0 Å². The van der Waals surface area contributed by atoms with Gasteiger partial charge in [0.15, 0.2) is 17.5 Å². The van der Waals surface area contributed by atoms with Gasteiger partial charge in [0.05, 0.1) is 66.2 Å². The normalized spacial score (nSPS) is 12.1. The van der Waals surface area contributed by atoms with Crippen LogP contribution in [0.15, 0.2) is 346 Å². The highest BCUT2D eigenvalue weighted by molar-refractivity contribution is 6.27. The number of aromatic nitrogens is 9. The van der Waals surface area contributed by atoms with Gasteiger partial charge in [-0.15, -0.1) is 0 Å². The van der Waals surface area contributed by atoms with Gasteiger partial charge in [-0.05, 0) is 140 Å². The molecule has 0 amide bonds. The Balaban J connectivity index is 0.758. The highest BCUT2D eigenvalue weighted by Gasteiger charge is 2.25. The SMILES string of the molecule is c1ccc(-n2c3ccccc3c3cc4c(cc32)c2ccccc2n4-c2cccc(-c3nc(-c4cccc(-n5c6ccccc6c6cc7c(cc65)c5ccccc5n7-c5ccccc5)c4)nc(-c4cccc(-n5c6ccccc6c6ccc7c(c8ccccc8n7-c7ccccc7)c65)c4)n3)c2)cc1. The lowest BCUT2D eigenvalue weighted by atomic mass is 10.1. The second-order valence-corrected chi connectivity index (χ2v) is 26.7. The maximum Gasteiger partial charge on any atom is 0.164 e. The first-order chi connectivity index (χ1) is 50.6. The van der Waals surface area contributed by atoms with Crippen molar-refractivity contribution in [2.45, 2.75) is 0 Å². The number of hydrogen-bond donors (Lipinski definition) is 0. The van der Waals surface area contributed by atoms with Crippen LogP contribution in [0, 0.1) is 0 Å². The van der Waals surface area contributed by atoms with Crippen molar-refractivity contribution in [2.24, 2.45) is 0 Å². The topological polar surface area (TPSA) is 68.2 Å². The van der Waals surface area contributed by atoms with Crippen LogP contribution in [0.25, 0.3) is 199 Å². The molecule has 15 aromatic carbocycles. The van der Waals surface area contributed by atoms with E-state index in [1.54, 1.807) is 0 Å². The lowest BCUT2D eigenvalue weighted by Gasteiger charge is -2.14. The molecule has 0 unspecified atom stereocenters. The summed E-state index contributed by atoms with van der Waals surface area (Å²) in [6.45, 7) is 0. The van der Waals surface area contributed by atoms with Gasteiger partial charge in [-0.25, -0.2) is 15.0 Å². The van der Waals surface area contributed by atoms with E-state index in [0.29, 0.717) is 17.5 Å². The summed E-state index contributed by atoms with van der Waals surface area (Å²) in [4.78, 5) is 16.8. The Morgan fingerprint density at radius 3 is 0.784 bits per heavy atom. The van der Waals surface area contributed by atoms with E-state index in [0.717, 1.165) is 106 Å². The standard InChI is InChI=1S/C93H57N9/c1-4-28-61(29-5-1)97-83-48-21-15-42-73(83)89-84(97)50-49-72-67-37-10-20-47-82(67)102(90(72)89)66-36-24-27-60(53-66)93-95-91(58-25-22-34-64(51-58)100-80-45-18-13-40-70(80)76-54-85-74(56-87(76)100)68-38-11-16-43-78(68)98(85)62-30-6-2-7-31-62)94-92(96-93)59-26-23-35-65(52-59)101-81-46-19-14-41-71(81)77-55-86-75(57-88(77)101)69-39-12-17-44-79(69)99(86)63-32-8-3-9-33-63/h1-57H. The molecule has 0 aliphatic rings. The maximum absolute atomic E-state index is 5.61. The molecule has 7 aromatic heterocycles. The largest absolute Gasteiger partial charge is 0.309 e. The molecule has 9 heteroatoms. The van der Waals surface area contributed by atoms with E-state index in [1.165, 1.54) is 75.7 Å². The number of para-hydroxylation sites is 9. The fourth-order valence-corrected chi connectivity index (χ4v) is 16.9. The molecule has 0 aliphatic carbocycles. The van der Waals surface area contributed by atoms with Crippen molar-refractivity contribution in [3.63, 3.8) is 0 Å². The summed E-state index contributed by atoms with van der Waals surface area (Å²) in [5.41, 5.74) is 22.6. The first-order valence-electron chi connectivity index (χ1n) is 34.7. The molecule has 0 aliphatic heterocycles. The minimum absolute atomic E-state index is 0.558. The third kappa shape index (κ3) is 8.24. The van der Waals surface area contributed by atoms with Crippen LogP contribution in [0.5, 0.6) is 0 Å². The molecule has 102 heavy (non-hydrogen) atoms. The Hall–Kier alpha value is -13.9. The molecule has 0 radical (unpaired) electrons. The first kappa shape index (κ1) is 56.2. The highest BCUT2D eigenvalue weighted by Crippen LogP contribution is 2.46. The van der Waals surface area contributed by atoms with Crippen LogP contribution in [0.1, 0.15) is 0 Å². The molecule has 0 bridgehead atoms. The molecule has 0 atom stereocenters. The van der Waals surface area contributed by atoms with Gasteiger partial charge >= 0.3 is 0 Å². The Bertz CT molecular complexity index is 6950. The summed E-state index contributed by atoms with van der Waals surface area (Å²) in [7, 11) is 0. The number of hydrogen-bond acceptors (Lipinski definition) is 3. The zero-order valence-corrected chi connectivity index (χ0v) is 54.9. The third-order valence-corrected chi connectivity index (χ3v) is 21.2. The molecular formula is C93H57N9. The van der Waals surface area contributed by atoms with Crippen molar-refractivity contribution < 1.29 is 0 Å². The summed E-state index contributed by atoms with van der Waals surface area (Å²) in [5, 5.41) is 14.2. The average molecular weight is 1300 g/mol. The van der Waals surface area contributed by atoms with Crippen molar-refractivity contribution in [1.82, 2.24) is 42.4 Å². The second kappa shape index (κ2) is 21.8. The van der Waals surface area contributed by atoms with Gasteiger partial charge in [0, 0.05) is 115 Å². The first-order valence-corrected chi connectivity index (χ1v) is 34.7. The fourth-order valence-electron chi connectivity index (χ4n) is 16.9. The van der Waals surface area contributed by atoms with Gasteiger partial charge in [0.1, 0.15) is 0 Å². The average Bonchev–Trinajstić information content (AvgIpc) is 1.55. The van der Waals surface area contributed by atoms with Crippen LogP contribution in [-0.2, 0) is 0 Å². The number of benzene rings is 15. The van der Waals surface area contributed by atoms with Crippen molar-refractivity contribution in [3.05, 3.63) is 346 Å². The highest BCUT2D eigenvalue weighted by atomic mass is 15.1. The van der Waals surface area contributed by atoms with E-state index < -0.39 is 0 Å². The van der Waals surface area contributed by atoms with Crippen LogP contribution in [0.3, 0.4) is 0 Å². The molecule has 7 heterocycles. The van der Waals surface area contributed by atoms with E-state index in [4.69, 9.17) is 15.0 Å². The van der Waals surface area contributed by atoms with E-state index in [2.05, 4.69) is 373 Å². The lowest BCUT2D eigenvalue weighted by molar-refractivity contribution is 1.07. The van der Waals surface area contributed by atoms with Crippen molar-refractivity contribution in [1.29, 1.82) is 0 Å². The zero-order valence-electron chi connectivity index (χ0n) is 54.9. The molecule has 474 valence electrons. The second-order valence-electron chi connectivity index (χ2n) is 26.7. The molecule has 9 nitrogen and oxygen atoms in total. The summed E-state index contributed by atoms with van der Waals surface area (Å²) in [6.07, 6.45) is 0. The van der Waals surface area contributed by atoms with Gasteiger partial charge in [-0.3, -0.25) is 0 Å². The van der Waals surface area contributed by atoms with Gasteiger partial charge in [0.25, 0.3) is 0 Å². The predicted molar refractivity (Wildman–Crippen MR) is 422 cm³/mol. The number of fused-ring (bicyclic) bond motifs is 19. The van der Waals surface area contributed by atoms with Crippen LogP contribution in [0.4, 0.5) is 0 Å². The quantitative estimate of drug-likeness (QED) is 0.145. The molecule has 0 spiro atoms. The van der Waals surface area contributed by atoms with Crippen LogP contribution in [0.2, 0.25) is 0 Å². The van der Waals surface area contributed by atoms with Crippen molar-refractivity contribution >= 4 is 131 Å². The molecule has 0 N–H and O–H groups in total. The van der Waals surface area contributed by atoms with Gasteiger partial charge < -0.3 is 27.4 Å². The molecular weight excluding hydrogens is 1240 g/mol. The lowest BCUT2D eigenvalue weighted by Crippen LogP contribution is -2.02. The molecule has 22 aromatic rings. The van der Waals surface area contributed by atoms with E-state index in [1.807, 2.05) is 0 Å². The van der Waals surface area contributed by atoms with Gasteiger partial charge in [0.2, 0.25) is 0 Å². The molecule has 0 saturated carbocycles. The Labute approximate surface area is 583 Å². The van der Waals surface area contributed by atoms with Crippen molar-refractivity contribution in [2.75, 3.05) is 0 Å². The van der Waals surface area contributed by atoms with E-state index in [9.17, 15) is 0 Å². The number of rotatable bonds is 9. The summed E-state index contributed by atoms with van der Waals surface area (Å²) in [5.74, 6) is 1.67. The van der Waals surface area contributed by atoms with Crippen molar-refractivity contribution in [3.8, 4) is 68.3 Å².